The Morgan fingerprint density at radius 2 is 2.10 bits per heavy atom. The summed E-state index contributed by atoms with van der Waals surface area (Å²) in [7, 11) is 0. The number of nitriles is 1. The molecular formula is C22H25FN8. The van der Waals surface area contributed by atoms with Crippen molar-refractivity contribution in [1.29, 1.82) is 5.26 Å². The second kappa shape index (κ2) is 8.12. The van der Waals surface area contributed by atoms with Gasteiger partial charge in [-0.05, 0) is 44.7 Å². The van der Waals surface area contributed by atoms with E-state index in [1.807, 2.05) is 12.1 Å². The Bertz CT molecular complexity index is 1120. The fourth-order valence-electron chi connectivity index (χ4n) is 5.00. The molecule has 3 atom stereocenters. The molecule has 5 heterocycles. The van der Waals surface area contributed by atoms with Crippen LogP contribution in [0.5, 0.6) is 0 Å². The third-order valence-electron chi connectivity index (χ3n) is 6.43. The Morgan fingerprint density at radius 3 is 2.81 bits per heavy atom. The first-order chi connectivity index (χ1) is 15.1. The topological polar surface area (TPSA) is 106 Å². The molecule has 9 heteroatoms. The van der Waals surface area contributed by atoms with Gasteiger partial charge in [0.25, 0.3) is 0 Å². The lowest BCUT2D eigenvalue weighted by atomic mass is 9.97. The van der Waals surface area contributed by atoms with Crippen LogP contribution < -0.4 is 10.6 Å². The minimum atomic E-state index is -0.418. The van der Waals surface area contributed by atoms with Gasteiger partial charge in [0, 0.05) is 48.7 Å². The van der Waals surface area contributed by atoms with Crippen LogP contribution in [-0.2, 0) is 0 Å². The van der Waals surface area contributed by atoms with Crippen LogP contribution in [-0.4, -0.2) is 49.7 Å². The number of piperidine rings is 1. The van der Waals surface area contributed by atoms with E-state index in [1.165, 1.54) is 12.8 Å². The quantitative estimate of drug-likeness (QED) is 0.556. The average molecular weight is 420 g/mol. The second-order valence-electron chi connectivity index (χ2n) is 8.41. The largest absolute Gasteiger partial charge is 0.367 e. The molecule has 2 fully saturated rings. The highest BCUT2D eigenvalue weighted by Crippen LogP contribution is 2.37. The number of hydrogen-bond donors (Lipinski definition) is 3. The molecular weight excluding hydrogens is 395 g/mol. The highest BCUT2D eigenvalue weighted by atomic mass is 19.1. The summed E-state index contributed by atoms with van der Waals surface area (Å²) in [6.45, 7) is 2.49. The lowest BCUT2D eigenvalue weighted by Crippen LogP contribution is -2.47. The van der Waals surface area contributed by atoms with Crippen molar-refractivity contribution in [3.8, 4) is 6.07 Å². The molecule has 2 aliphatic rings. The highest BCUT2D eigenvalue weighted by molar-refractivity contribution is 5.91. The number of aryl methyl sites for hydroxylation is 1. The summed E-state index contributed by atoms with van der Waals surface area (Å²) >= 11 is 0. The minimum Gasteiger partial charge on any atom is -0.367 e. The number of aromatic amines is 1. The van der Waals surface area contributed by atoms with Gasteiger partial charge in [-0.2, -0.15) is 10.4 Å². The zero-order chi connectivity index (χ0) is 21.4. The number of halogens is 1. The number of anilines is 3. The molecule has 31 heavy (non-hydrogen) atoms. The van der Waals surface area contributed by atoms with Gasteiger partial charge in [0.2, 0.25) is 0 Å². The maximum Gasteiger partial charge on any atom is 0.189 e. The van der Waals surface area contributed by atoms with Crippen LogP contribution in [0.2, 0.25) is 0 Å². The molecule has 1 unspecified atom stereocenters. The van der Waals surface area contributed by atoms with E-state index in [0.29, 0.717) is 36.1 Å². The number of aromatic nitrogens is 4. The maximum atomic E-state index is 14.2. The van der Waals surface area contributed by atoms with E-state index in [4.69, 9.17) is 10.2 Å². The maximum absolute atomic E-state index is 14.2. The third-order valence-corrected chi connectivity index (χ3v) is 6.43. The van der Waals surface area contributed by atoms with Crippen molar-refractivity contribution in [2.45, 2.75) is 57.2 Å². The van der Waals surface area contributed by atoms with Gasteiger partial charge in [-0.25, -0.2) is 9.37 Å². The number of H-pyrrole nitrogens is 1. The summed E-state index contributed by atoms with van der Waals surface area (Å²) in [4.78, 5) is 11.7. The van der Waals surface area contributed by atoms with Crippen molar-refractivity contribution >= 4 is 28.4 Å². The summed E-state index contributed by atoms with van der Waals surface area (Å²) in [6, 6.07) is 9.29. The van der Waals surface area contributed by atoms with Crippen LogP contribution in [0.1, 0.15) is 37.8 Å². The smallest absolute Gasteiger partial charge is 0.189 e. The number of nitrogens with zero attached hydrogens (tertiary/aromatic N) is 5. The van der Waals surface area contributed by atoms with Crippen molar-refractivity contribution in [2.75, 3.05) is 17.2 Å². The van der Waals surface area contributed by atoms with E-state index in [-0.39, 0.29) is 5.82 Å². The van der Waals surface area contributed by atoms with Gasteiger partial charge in [-0.3, -0.25) is 15.0 Å². The Labute approximate surface area is 179 Å². The van der Waals surface area contributed by atoms with Gasteiger partial charge < -0.3 is 10.6 Å². The standard InChI is InChI=1S/C22H25FN8/c1-13-20(23)22(30-29-13)28-19-12-18-17(4-2-8-25-18)21(27-19)26-14-10-15-5-6-16(11-14)31(15)9-3-7-24/h2,4,8,12,14-16H,3,5-6,9-11H2,1H3,(H3,26,27,28,29,30)/t14?,15-,16+. The predicted molar refractivity (Wildman–Crippen MR) is 116 cm³/mol. The van der Waals surface area contributed by atoms with E-state index in [9.17, 15) is 4.39 Å². The number of rotatable bonds is 6. The molecule has 3 N–H and O–H groups in total. The summed E-state index contributed by atoms with van der Waals surface area (Å²) < 4.78 is 14.2. The van der Waals surface area contributed by atoms with E-state index in [1.54, 1.807) is 19.2 Å². The van der Waals surface area contributed by atoms with E-state index in [2.05, 4.69) is 36.8 Å². The summed E-state index contributed by atoms with van der Waals surface area (Å²) in [5.41, 5.74) is 1.16. The minimum absolute atomic E-state index is 0.120. The van der Waals surface area contributed by atoms with Gasteiger partial charge in [0.1, 0.15) is 11.6 Å². The molecule has 3 aromatic heterocycles. The van der Waals surface area contributed by atoms with E-state index < -0.39 is 5.82 Å². The second-order valence-corrected chi connectivity index (χ2v) is 8.41. The summed E-state index contributed by atoms with van der Waals surface area (Å²) in [5.74, 6) is 0.943. The lowest BCUT2D eigenvalue weighted by Gasteiger charge is -2.39. The van der Waals surface area contributed by atoms with Crippen LogP contribution in [0.25, 0.3) is 10.9 Å². The van der Waals surface area contributed by atoms with Gasteiger partial charge in [0.15, 0.2) is 11.6 Å². The van der Waals surface area contributed by atoms with Crippen LogP contribution in [0.15, 0.2) is 24.4 Å². The number of fused-ring (bicyclic) bond motifs is 3. The monoisotopic (exact) mass is 420 g/mol. The predicted octanol–water partition coefficient (Wildman–Crippen LogP) is 3.87. The molecule has 2 aliphatic heterocycles. The van der Waals surface area contributed by atoms with Crippen LogP contribution in [0, 0.1) is 24.1 Å². The molecule has 0 aromatic carbocycles. The van der Waals surface area contributed by atoms with Gasteiger partial charge in [0.05, 0.1) is 17.3 Å². The Hall–Kier alpha value is -3.25. The Morgan fingerprint density at radius 1 is 1.29 bits per heavy atom. The normalized spacial score (nSPS) is 23.1. The zero-order valence-electron chi connectivity index (χ0n) is 17.4. The average Bonchev–Trinajstić information content (AvgIpc) is 3.21. The zero-order valence-corrected chi connectivity index (χ0v) is 17.4. The van der Waals surface area contributed by atoms with Gasteiger partial charge in [-0.1, -0.05) is 0 Å². The SMILES string of the molecule is Cc1[nH]nc(Nc2cc3ncccc3c(NC3C[C@H]4CC[C@@H](C3)N4CCC#N)n2)c1F. The number of pyridine rings is 2. The van der Waals surface area contributed by atoms with Gasteiger partial charge in [-0.15, -0.1) is 0 Å². The van der Waals surface area contributed by atoms with Crippen LogP contribution >= 0.6 is 0 Å². The molecule has 0 amide bonds. The molecule has 2 bridgehead atoms. The van der Waals surface area contributed by atoms with E-state index >= 15 is 0 Å². The van der Waals surface area contributed by atoms with E-state index in [0.717, 1.165) is 36.1 Å². The third kappa shape index (κ3) is 3.79. The molecule has 0 saturated carbocycles. The molecule has 0 aliphatic carbocycles. The van der Waals surface area contributed by atoms with Crippen molar-refractivity contribution in [2.24, 2.45) is 0 Å². The van der Waals surface area contributed by atoms with Crippen molar-refractivity contribution in [3.05, 3.63) is 35.9 Å². The molecule has 0 spiro atoms. The lowest BCUT2D eigenvalue weighted by molar-refractivity contribution is 0.136. The first kappa shape index (κ1) is 19.7. The molecule has 5 rings (SSSR count). The first-order valence-electron chi connectivity index (χ1n) is 10.7. The Kier molecular flexibility index (Phi) is 5.16. The highest BCUT2D eigenvalue weighted by Gasteiger charge is 2.40. The number of nitrogens with one attached hydrogen (secondary N) is 3. The van der Waals surface area contributed by atoms with Crippen molar-refractivity contribution in [3.63, 3.8) is 0 Å². The molecule has 160 valence electrons. The summed E-state index contributed by atoms with van der Waals surface area (Å²) in [5, 5.41) is 23.1. The molecule has 3 aromatic rings. The fraction of sp³-hybridized carbons (Fsp3) is 0.455. The summed E-state index contributed by atoms with van der Waals surface area (Å²) in [6.07, 6.45) is 6.74. The Balaban J connectivity index is 1.39. The first-order valence-corrected chi connectivity index (χ1v) is 10.7. The van der Waals surface area contributed by atoms with Crippen molar-refractivity contribution < 1.29 is 4.39 Å². The molecule has 0 radical (unpaired) electrons. The number of hydrogen-bond acceptors (Lipinski definition) is 7. The fourth-order valence-corrected chi connectivity index (χ4v) is 5.00. The van der Waals surface area contributed by atoms with Crippen LogP contribution in [0.4, 0.5) is 21.8 Å². The van der Waals surface area contributed by atoms with Gasteiger partial charge >= 0.3 is 0 Å². The van der Waals surface area contributed by atoms with Crippen molar-refractivity contribution in [1.82, 2.24) is 25.1 Å². The molecule has 2 saturated heterocycles. The van der Waals surface area contributed by atoms with Crippen LogP contribution in [0.3, 0.4) is 0 Å². The molecule has 8 nitrogen and oxygen atoms in total.